The number of hydrazone groups is 1. The molecule has 0 saturated heterocycles. The van der Waals surface area contributed by atoms with E-state index in [4.69, 9.17) is 16.3 Å². The van der Waals surface area contributed by atoms with Crippen LogP contribution in [0.25, 0.3) is 0 Å². The molecule has 25 heavy (non-hydrogen) atoms. The number of phenols is 1. The summed E-state index contributed by atoms with van der Waals surface area (Å²) in [5.74, 6) is -1.22. The summed E-state index contributed by atoms with van der Waals surface area (Å²) in [6, 6.07) is 7.42. The number of hydrogen-bond acceptors (Lipinski definition) is 6. The van der Waals surface area contributed by atoms with Crippen LogP contribution in [0.2, 0.25) is 5.02 Å². The molecule has 9 heteroatoms. The normalized spacial score (nSPS) is 10.7. The Hall–Kier alpha value is -3.13. The number of aromatic hydroxyl groups is 1. The second kappa shape index (κ2) is 7.63. The Kier molecular flexibility index (Phi) is 5.56. The van der Waals surface area contributed by atoms with E-state index in [0.29, 0.717) is 0 Å². The smallest absolute Gasteiger partial charge is 0.323 e. The van der Waals surface area contributed by atoms with Gasteiger partial charge in [0.2, 0.25) is 5.75 Å². The number of aryl methyl sites for hydroxylation is 1. The highest BCUT2D eigenvalue weighted by atomic mass is 35.5. The van der Waals surface area contributed by atoms with Gasteiger partial charge in [0.25, 0.3) is 5.91 Å². The predicted molar refractivity (Wildman–Crippen MR) is 92.6 cm³/mol. The largest absolute Gasteiger partial charge is 0.504 e. The number of halogens is 1. The monoisotopic (exact) mass is 363 g/mol. The Balaban J connectivity index is 2.25. The first-order valence-corrected chi connectivity index (χ1v) is 7.37. The van der Waals surface area contributed by atoms with Gasteiger partial charge in [0.15, 0.2) is 5.75 Å². The summed E-state index contributed by atoms with van der Waals surface area (Å²) in [5.41, 5.74) is 2.96. The number of nitro groups is 1. The molecule has 2 rings (SSSR count). The van der Waals surface area contributed by atoms with Crippen molar-refractivity contribution in [3.05, 3.63) is 62.2 Å². The maximum Gasteiger partial charge on any atom is 0.323 e. The van der Waals surface area contributed by atoms with E-state index in [-0.39, 0.29) is 27.6 Å². The van der Waals surface area contributed by atoms with Crippen LogP contribution in [0.3, 0.4) is 0 Å². The van der Waals surface area contributed by atoms with Crippen LogP contribution in [-0.2, 0) is 0 Å². The molecule has 0 aliphatic rings. The summed E-state index contributed by atoms with van der Waals surface area (Å²) in [5, 5.41) is 24.8. The Morgan fingerprint density at radius 2 is 2.12 bits per heavy atom. The molecule has 2 aromatic carbocycles. The van der Waals surface area contributed by atoms with E-state index in [1.54, 1.807) is 18.2 Å². The number of carbonyl (C=O) groups is 1. The highest BCUT2D eigenvalue weighted by molar-refractivity contribution is 6.33. The van der Waals surface area contributed by atoms with Crippen LogP contribution in [0.4, 0.5) is 5.69 Å². The first kappa shape index (κ1) is 18.2. The molecule has 2 N–H and O–H groups in total. The van der Waals surface area contributed by atoms with Gasteiger partial charge in [0, 0.05) is 0 Å². The number of methoxy groups -OCH3 is 1. The molecule has 0 aromatic heterocycles. The van der Waals surface area contributed by atoms with Crippen molar-refractivity contribution >= 4 is 29.4 Å². The molecule has 130 valence electrons. The summed E-state index contributed by atoms with van der Waals surface area (Å²) in [7, 11) is 1.20. The molecule has 0 heterocycles. The van der Waals surface area contributed by atoms with Gasteiger partial charge in [0.1, 0.15) is 0 Å². The minimum absolute atomic E-state index is 0.0509. The fourth-order valence-corrected chi connectivity index (χ4v) is 2.42. The van der Waals surface area contributed by atoms with E-state index in [2.05, 4.69) is 10.5 Å². The van der Waals surface area contributed by atoms with Gasteiger partial charge in [-0.1, -0.05) is 17.7 Å². The summed E-state index contributed by atoms with van der Waals surface area (Å²) in [4.78, 5) is 22.5. The molecule has 0 fully saturated rings. The second-order valence-corrected chi connectivity index (χ2v) is 5.40. The van der Waals surface area contributed by atoms with Crippen LogP contribution in [0.1, 0.15) is 21.5 Å². The first-order valence-electron chi connectivity index (χ1n) is 6.99. The van der Waals surface area contributed by atoms with Crippen LogP contribution in [0.15, 0.2) is 35.4 Å². The van der Waals surface area contributed by atoms with Crippen molar-refractivity contribution in [2.45, 2.75) is 6.92 Å². The van der Waals surface area contributed by atoms with Crippen LogP contribution in [0.5, 0.6) is 11.5 Å². The van der Waals surface area contributed by atoms with Crippen molar-refractivity contribution in [3.63, 3.8) is 0 Å². The van der Waals surface area contributed by atoms with Crippen LogP contribution < -0.4 is 10.2 Å². The fraction of sp³-hybridized carbons (Fsp3) is 0.125. The highest BCUT2D eigenvalue weighted by Crippen LogP contribution is 2.37. The molecule has 0 aliphatic heterocycles. The standard InChI is InChI=1S/C16H14ClN3O5/c1-9-3-5-11(12(17)7-9)16(22)19-18-8-10-4-6-13(21)15(25-2)14(10)20(23)24/h3-8,21H,1-2H3,(H,19,22). The molecule has 0 aliphatic carbocycles. The lowest BCUT2D eigenvalue weighted by molar-refractivity contribution is -0.386. The zero-order valence-electron chi connectivity index (χ0n) is 13.3. The van der Waals surface area contributed by atoms with E-state index in [1.165, 1.54) is 19.2 Å². The second-order valence-electron chi connectivity index (χ2n) is 5.00. The minimum atomic E-state index is -0.710. The number of hydrogen-bond donors (Lipinski definition) is 2. The van der Waals surface area contributed by atoms with Crippen LogP contribution in [-0.4, -0.2) is 29.3 Å². The molecular formula is C16H14ClN3O5. The summed E-state index contributed by atoms with van der Waals surface area (Å²) < 4.78 is 4.84. The van der Waals surface area contributed by atoms with Gasteiger partial charge in [-0.15, -0.1) is 0 Å². The lowest BCUT2D eigenvalue weighted by Gasteiger charge is -2.06. The molecule has 0 saturated carbocycles. The maximum atomic E-state index is 12.1. The number of nitrogens with zero attached hydrogens (tertiary/aromatic N) is 2. The number of nitro benzene ring substituents is 1. The Morgan fingerprint density at radius 1 is 1.40 bits per heavy atom. The third-order valence-corrected chi connectivity index (χ3v) is 3.58. The average molecular weight is 364 g/mol. The number of ether oxygens (including phenoxy) is 1. The Bertz CT molecular complexity index is 867. The van der Waals surface area contributed by atoms with Gasteiger partial charge in [-0.2, -0.15) is 5.10 Å². The molecule has 1 amide bonds. The molecule has 0 bridgehead atoms. The van der Waals surface area contributed by atoms with Crippen molar-refractivity contribution in [2.75, 3.05) is 7.11 Å². The van der Waals surface area contributed by atoms with Crippen molar-refractivity contribution in [3.8, 4) is 11.5 Å². The Morgan fingerprint density at radius 3 is 2.72 bits per heavy atom. The summed E-state index contributed by atoms with van der Waals surface area (Å²) in [6.07, 6.45) is 1.08. The molecule has 0 unspecified atom stereocenters. The SMILES string of the molecule is COc1c(O)ccc(C=NNC(=O)c2ccc(C)cc2Cl)c1[N+](=O)[O-]. The van der Waals surface area contributed by atoms with Gasteiger partial charge >= 0.3 is 5.69 Å². The molecule has 0 radical (unpaired) electrons. The average Bonchev–Trinajstić information content (AvgIpc) is 2.55. The molecule has 2 aromatic rings. The first-order chi connectivity index (χ1) is 11.8. The van der Waals surface area contributed by atoms with Gasteiger partial charge in [-0.3, -0.25) is 14.9 Å². The fourth-order valence-electron chi connectivity index (χ4n) is 2.09. The van der Waals surface area contributed by atoms with E-state index < -0.39 is 16.5 Å². The highest BCUT2D eigenvalue weighted by Gasteiger charge is 2.23. The van der Waals surface area contributed by atoms with E-state index in [9.17, 15) is 20.0 Å². The van der Waals surface area contributed by atoms with Gasteiger partial charge in [-0.05, 0) is 36.8 Å². The topological polar surface area (TPSA) is 114 Å². The van der Waals surface area contributed by atoms with E-state index >= 15 is 0 Å². The third kappa shape index (κ3) is 4.04. The lowest BCUT2D eigenvalue weighted by atomic mass is 10.1. The van der Waals surface area contributed by atoms with E-state index in [1.807, 2.05) is 6.92 Å². The number of phenolic OH excluding ortho intramolecular Hbond substituents is 1. The van der Waals surface area contributed by atoms with Crippen molar-refractivity contribution in [2.24, 2.45) is 5.10 Å². The predicted octanol–water partition coefficient (Wildman–Crippen LogP) is 3.03. The van der Waals surface area contributed by atoms with Crippen LogP contribution >= 0.6 is 11.6 Å². The summed E-state index contributed by atoms with van der Waals surface area (Å²) >= 11 is 6.00. The van der Waals surface area contributed by atoms with Gasteiger partial charge in [-0.25, -0.2) is 5.43 Å². The number of benzene rings is 2. The molecule has 0 spiro atoms. The van der Waals surface area contributed by atoms with Gasteiger partial charge in [0.05, 0.1) is 34.4 Å². The van der Waals surface area contributed by atoms with Crippen molar-refractivity contribution < 1.29 is 19.6 Å². The minimum Gasteiger partial charge on any atom is -0.504 e. The lowest BCUT2D eigenvalue weighted by Crippen LogP contribution is -2.18. The molecular weight excluding hydrogens is 350 g/mol. The van der Waals surface area contributed by atoms with E-state index in [0.717, 1.165) is 11.8 Å². The number of rotatable bonds is 5. The molecule has 8 nitrogen and oxygen atoms in total. The third-order valence-electron chi connectivity index (χ3n) is 3.27. The van der Waals surface area contributed by atoms with Crippen molar-refractivity contribution in [1.29, 1.82) is 0 Å². The van der Waals surface area contributed by atoms with Crippen molar-refractivity contribution in [1.82, 2.24) is 5.43 Å². The Labute approximate surface area is 147 Å². The zero-order chi connectivity index (χ0) is 18.6. The van der Waals surface area contributed by atoms with Gasteiger partial charge < -0.3 is 9.84 Å². The molecule has 0 atom stereocenters. The quantitative estimate of drug-likeness (QED) is 0.481. The maximum absolute atomic E-state index is 12.1. The number of amides is 1. The summed E-state index contributed by atoms with van der Waals surface area (Å²) in [6.45, 7) is 1.84. The van der Waals surface area contributed by atoms with Crippen LogP contribution in [0, 0.1) is 17.0 Å². The zero-order valence-corrected chi connectivity index (χ0v) is 14.1. The number of nitrogens with one attached hydrogen (secondary N) is 1. The number of carbonyl (C=O) groups excluding carboxylic acids is 1.